The summed E-state index contributed by atoms with van der Waals surface area (Å²) >= 11 is 0. The standard InChI is InChI=1S/C28H19N3O18S4.4Na/c32-23-10-19(52(44,45)46)6-12-4-17(50(38,39)40)8-21(25(12)23)29-27(34)14-1-15(3-16(2-14)31(36)37)28(35)30-22-9-18(51(41,42)43)5-13-7-20(53(47,48)49)11-24(33)26(13)22;;;;/h1-11,32-33H,(H,29,34)(H,30,35)(H,38,39,40)(H,41,42,43)(H,44,45,46)(H,47,48,49);;;;. The van der Waals surface area contributed by atoms with Gasteiger partial charge in [0.05, 0.1) is 35.9 Å². The number of benzene rings is 5. The first-order valence-corrected chi connectivity index (χ1v) is 19.4. The van der Waals surface area contributed by atoms with Crippen molar-refractivity contribution in [2.75, 3.05) is 10.6 Å². The average molecular weight is 906 g/mol. The largest absolute Gasteiger partial charge is 0.507 e. The molecule has 0 saturated carbocycles. The van der Waals surface area contributed by atoms with Crippen LogP contribution in [0.4, 0.5) is 17.1 Å². The maximum Gasteiger partial charge on any atom is 0.294 e. The van der Waals surface area contributed by atoms with Crippen LogP contribution in [0.2, 0.25) is 0 Å². The van der Waals surface area contributed by atoms with E-state index in [0.29, 0.717) is 60.7 Å². The Hall–Kier alpha value is -1.80. The van der Waals surface area contributed by atoms with Gasteiger partial charge in [-0.05, 0) is 53.2 Å². The molecule has 0 unspecified atom stereocenters. The molecule has 0 aliphatic heterocycles. The van der Waals surface area contributed by atoms with Crippen molar-refractivity contribution in [3.8, 4) is 11.5 Å². The molecule has 0 fully saturated rings. The average Bonchev–Trinajstić information content (AvgIpc) is 3.02. The van der Waals surface area contributed by atoms with Crippen LogP contribution in [-0.4, -0.2) is 197 Å². The van der Waals surface area contributed by atoms with Crippen molar-refractivity contribution in [1.82, 2.24) is 0 Å². The Labute approximate surface area is 409 Å². The maximum absolute atomic E-state index is 13.5. The van der Waals surface area contributed by atoms with Crippen LogP contribution in [0.25, 0.3) is 21.5 Å². The minimum Gasteiger partial charge on any atom is -0.507 e. The van der Waals surface area contributed by atoms with Crippen LogP contribution in [0.5, 0.6) is 11.5 Å². The molecule has 57 heavy (non-hydrogen) atoms. The number of rotatable bonds is 9. The van der Waals surface area contributed by atoms with Crippen LogP contribution in [-0.2, 0) is 40.5 Å². The summed E-state index contributed by atoms with van der Waals surface area (Å²) in [5, 5.41) is 35.4. The minimum absolute atomic E-state index is 0. The summed E-state index contributed by atoms with van der Waals surface area (Å²) in [5.41, 5.74) is -3.53. The van der Waals surface area contributed by atoms with E-state index in [-0.39, 0.29) is 118 Å². The second-order valence-corrected chi connectivity index (χ2v) is 16.5. The topological polar surface area (TPSA) is 359 Å². The predicted octanol–water partition coefficient (Wildman–Crippen LogP) is 1.28. The third-order valence-corrected chi connectivity index (χ3v) is 10.6. The summed E-state index contributed by atoms with van der Waals surface area (Å²) in [6, 6.07) is 7.12. The molecule has 29 heteroatoms. The fourth-order valence-electron chi connectivity index (χ4n) is 5.04. The normalized spacial score (nSPS) is 11.6. The molecule has 0 atom stereocenters. The van der Waals surface area contributed by atoms with Crippen molar-refractivity contribution < 1.29 is 76.6 Å². The van der Waals surface area contributed by atoms with Crippen molar-refractivity contribution in [2.45, 2.75) is 19.6 Å². The monoisotopic (exact) mass is 905 g/mol. The summed E-state index contributed by atoms with van der Waals surface area (Å²) < 4.78 is 133. The molecule has 2 amide bonds. The van der Waals surface area contributed by atoms with Gasteiger partial charge in [-0.2, -0.15) is 33.7 Å². The number of phenols is 2. The zero-order valence-electron chi connectivity index (χ0n) is 29.5. The Morgan fingerprint density at radius 1 is 0.491 bits per heavy atom. The second-order valence-electron chi connectivity index (χ2n) is 10.9. The summed E-state index contributed by atoms with van der Waals surface area (Å²) in [6.45, 7) is 0. The van der Waals surface area contributed by atoms with Crippen molar-refractivity contribution in [2.24, 2.45) is 0 Å². The third-order valence-electron chi connectivity index (χ3n) is 7.29. The Morgan fingerprint density at radius 3 is 1.04 bits per heavy atom. The van der Waals surface area contributed by atoms with Gasteiger partial charge in [0.2, 0.25) is 0 Å². The fourth-order valence-corrected chi connectivity index (χ4v) is 7.20. The van der Waals surface area contributed by atoms with Gasteiger partial charge in [-0.25, -0.2) is 0 Å². The molecule has 0 saturated heterocycles. The number of aromatic hydroxyl groups is 2. The molecule has 0 aliphatic carbocycles. The van der Waals surface area contributed by atoms with Crippen LogP contribution in [0.15, 0.2) is 86.3 Å². The quantitative estimate of drug-likeness (QED) is 0.0447. The van der Waals surface area contributed by atoms with E-state index < -0.39 is 138 Å². The molecular formula is C28H19N3Na4O18S4. The number of amides is 2. The van der Waals surface area contributed by atoms with Gasteiger partial charge in [0.25, 0.3) is 58.0 Å². The minimum atomic E-state index is -5.09. The first-order valence-electron chi connectivity index (χ1n) is 13.7. The van der Waals surface area contributed by atoms with Crippen molar-refractivity contribution in [3.63, 3.8) is 0 Å². The van der Waals surface area contributed by atoms with E-state index in [0.717, 1.165) is 6.07 Å². The van der Waals surface area contributed by atoms with E-state index in [1.165, 1.54) is 0 Å². The summed E-state index contributed by atoms with van der Waals surface area (Å²) in [6.07, 6.45) is 0. The van der Waals surface area contributed by atoms with E-state index in [1.807, 2.05) is 0 Å². The van der Waals surface area contributed by atoms with E-state index in [1.54, 1.807) is 0 Å². The number of nitrogens with zero attached hydrogens (tertiary/aromatic N) is 1. The first kappa shape index (κ1) is 53.2. The van der Waals surface area contributed by atoms with Crippen molar-refractivity contribution in [3.05, 3.63) is 88.0 Å². The molecule has 21 nitrogen and oxygen atoms in total. The number of carbonyl (C=O) groups excluding carboxylic acids is 2. The molecule has 4 radical (unpaired) electrons. The summed E-state index contributed by atoms with van der Waals surface area (Å²) in [7, 11) is -20.1. The number of carbonyl (C=O) groups is 2. The molecular weight excluding hydrogens is 887 g/mol. The number of phenolic OH excluding ortho intramolecular Hbond substituents is 2. The summed E-state index contributed by atoms with van der Waals surface area (Å²) in [4.78, 5) is 33.9. The van der Waals surface area contributed by atoms with E-state index >= 15 is 0 Å². The number of nitrogens with one attached hydrogen (secondary N) is 2. The zero-order valence-corrected chi connectivity index (χ0v) is 40.8. The zero-order chi connectivity index (χ0) is 39.6. The number of nitro groups is 1. The van der Waals surface area contributed by atoms with E-state index in [9.17, 15) is 81.8 Å². The molecule has 0 aliphatic rings. The first-order chi connectivity index (χ1) is 24.2. The van der Waals surface area contributed by atoms with Gasteiger partial charge in [-0.1, -0.05) is 0 Å². The number of fused-ring (bicyclic) bond motifs is 2. The Morgan fingerprint density at radius 2 is 0.772 bits per heavy atom. The molecule has 0 bridgehead atoms. The van der Waals surface area contributed by atoms with Gasteiger partial charge < -0.3 is 20.8 Å². The number of hydrogen-bond donors (Lipinski definition) is 8. The second kappa shape index (κ2) is 19.3. The molecule has 5 rings (SSSR count). The fraction of sp³-hybridized carbons (Fsp3) is 0. The van der Waals surface area contributed by atoms with Gasteiger partial charge in [0.1, 0.15) is 11.5 Å². The van der Waals surface area contributed by atoms with Crippen LogP contribution in [0.3, 0.4) is 0 Å². The van der Waals surface area contributed by atoms with Crippen LogP contribution >= 0.6 is 0 Å². The number of non-ortho nitro benzene ring substituents is 1. The van der Waals surface area contributed by atoms with Gasteiger partial charge in [-0.3, -0.25) is 37.9 Å². The molecule has 5 aromatic carbocycles. The molecule has 8 N–H and O–H groups in total. The van der Waals surface area contributed by atoms with Crippen molar-refractivity contribution >= 4 is 209 Å². The van der Waals surface area contributed by atoms with E-state index in [2.05, 4.69) is 10.6 Å². The third kappa shape index (κ3) is 12.2. The molecule has 0 heterocycles. The smallest absolute Gasteiger partial charge is 0.294 e. The predicted molar refractivity (Wildman–Crippen MR) is 203 cm³/mol. The van der Waals surface area contributed by atoms with E-state index in [4.69, 9.17) is 0 Å². The Kier molecular flexibility index (Phi) is 18.0. The molecule has 0 aromatic heterocycles. The van der Waals surface area contributed by atoms with Crippen LogP contribution in [0, 0.1) is 10.1 Å². The molecule has 282 valence electrons. The van der Waals surface area contributed by atoms with Gasteiger partial charge >= 0.3 is 0 Å². The molecule has 5 aromatic rings. The van der Waals surface area contributed by atoms with Crippen LogP contribution < -0.4 is 10.6 Å². The Bertz CT molecular complexity index is 2750. The number of hydrogen-bond acceptors (Lipinski definition) is 14. The van der Waals surface area contributed by atoms with Crippen LogP contribution in [0.1, 0.15) is 20.7 Å². The summed E-state index contributed by atoms with van der Waals surface area (Å²) in [5.74, 6) is -4.52. The van der Waals surface area contributed by atoms with Gasteiger partial charge in [0, 0.05) is 164 Å². The Balaban J connectivity index is 0.00000406. The SMILES string of the molecule is O=C(Nc1cc(S(=O)(=O)O)cc2cc(S(=O)(=O)O)cc(O)c12)c1cc(C(=O)Nc2cc(S(=O)(=O)O)cc3cc(S(=O)(=O)O)cc(O)c23)cc([N+](=O)[O-])c1.[Na].[Na].[Na].[Na]. The van der Waals surface area contributed by atoms with Crippen molar-refractivity contribution in [1.29, 1.82) is 0 Å². The van der Waals surface area contributed by atoms with Gasteiger partial charge in [0.15, 0.2) is 0 Å². The maximum atomic E-state index is 13.5. The molecule has 0 spiro atoms. The number of nitro benzene ring substituents is 1. The number of anilines is 2. The van der Waals surface area contributed by atoms with Gasteiger partial charge in [-0.15, -0.1) is 0 Å².